The van der Waals surface area contributed by atoms with Crippen molar-refractivity contribution in [2.45, 2.75) is 57.3 Å². The van der Waals surface area contributed by atoms with Crippen LogP contribution in [0.2, 0.25) is 0 Å². The van der Waals surface area contributed by atoms with Crippen molar-refractivity contribution in [1.29, 1.82) is 0 Å². The predicted molar refractivity (Wildman–Crippen MR) is 148 cm³/mol. The van der Waals surface area contributed by atoms with Crippen LogP contribution in [0.5, 0.6) is 5.75 Å². The first-order valence-corrected chi connectivity index (χ1v) is 14.3. The van der Waals surface area contributed by atoms with Gasteiger partial charge in [0.2, 0.25) is 11.8 Å². The number of nitrogens with one attached hydrogen (secondary N) is 2. The van der Waals surface area contributed by atoms with Gasteiger partial charge in [-0.25, -0.2) is 4.39 Å². The minimum Gasteiger partial charge on any atom is -0.492 e. The number of fused-ring (bicyclic) bond motifs is 1. The standard InChI is InChI=1S/C30H36FN5O4/c31-22-4-7-26(34-13-10-32-11-14-34)21(15-22)17-35-12-2-1-3-23(35)19-40-24-5-6-25-20(16-24)18-36(30(25)39)27-8-9-28(37)33-29(27)38/h4-7,15-16,23,27,32H,1-3,8-14,17-19H2,(H,33,37,38)/t23-,27?/m1/s1. The Morgan fingerprint density at radius 3 is 2.65 bits per heavy atom. The van der Waals surface area contributed by atoms with Crippen LogP contribution in [0.4, 0.5) is 10.1 Å². The van der Waals surface area contributed by atoms with E-state index in [-0.39, 0.29) is 30.1 Å². The van der Waals surface area contributed by atoms with Crippen LogP contribution in [-0.2, 0) is 22.7 Å². The predicted octanol–water partition coefficient (Wildman–Crippen LogP) is 2.43. The number of benzene rings is 2. The van der Waals surface area contributed by atoms with E-state index >= 15 is 0 Å². The summed E-state index contributed by atoms with van der Waals surface area (Å²) in [4.78, 5) is 43.2. The van der Waals surface area contributed by atoms with E-state index in [0.29, 0.717) is 37.4 Å². The quantitative estimate of drug-likeness (QED) is 0.513. The smallest absolute Gasteiger partial charge is 0.255 e. The molecule has 0 spiro atoms. The van der Waals surface area contributed by atoms with Crippen LogP contribution in [0.1, 0.15) is 53.6 Å². The maximum atomic E-state index is 14.3. The zero-order valence-corrected chi connectivity index (χ0v) is 22.7. The third-order valence-electron chi connectivity index (χ3n) is 8.56. The van der Waals surface area contributed by atoms with Crippen LogP contribution in [0, 0.1) is 5.82 Å². The molecule has 1 unspecified atom stereocenters. The van der Waals surface area contributed by atoms with Gasteiger partial charge in [-0.2, -0.15) is 0 Å². The lowest BCUT2D eigenvalue weighted by atomic mass is 10.0. The second-order valence-electron chi connectivity index (χ2n) is 11.2. The number of anilines is 1. The van der Waals surface area contributed by atoms with Gasteiger partial charge in [-0.1, -0.05) is 6.42 Å². The number of rotatable bonds is 7. The summed E-state index contributed by atoms with van der Waals surface area (Å²) in [6, 6.07) is 10.2. The number of halogens is 1. The molecule has 2 aromatic rings. The number of piperazine rings is 1. The summed E-state index contributed by atoms with van der Waals surface area (Å²) in [6.07, 6.45) is 3.80. The molecular formula is C30H36FN5O4. The van der Waals surface area contributed by atoms with Crippen molar-refractivity contribution < 1.29 is 23.5 Å². The van der Waals surface area contributed by atoms with Crippen LogP contribution in [0.15, 0.2) is 36.4 Å². The molecule has 4 heterocycles. The first-order valence-electron chi connectivity index (χ1n) is 14.3. The van der Waals surface area contributed by atoms with Crippen molar-refractivity contribution in [3.63, 3.8) is 0 Å². The largest absolute Gasteiger partial charge is 0.492 e. The van der Waals surface area contributed by atoms with Crippen LogP contribution in [-0.4, -0.2) is 78.9 Å². The van der Waals surface area contributed by atoms with E-state index in [1.807, 2.05) is 18.2 Å². The SMILES string of the molecule is O=C1CCC(N2Cc3cc(OC[C@H]4CCCCN4Cc4cc(F)ccc4N4CCNCC4)ccc3C2=O)C(=O)N1. The minimum absolute atomic E-state index is 0.190. The summed E-state index contributed by atoms with van der Waals surface area (Å²) >= 11 is 0. The number of likely N-dealkylation sites (tertiary alicyclic amines) is 1. The van der Waals surface area contributed by atoms with Gasteiger partial charge in [0.15, 0.2) is 0 Å². The highest BCUT2D eigenvalue weighted by Gasteiger charge is 2.39. The average Bonchev–Trinajstić information content (AvgIpc) is 3.28. The molecule has 2 N–H and O–H groups in total. The fourth-order valence-corrected chi connectivity index (χ4v) is 6.40. The summed E-state index contributed by atoms with van der Waals surface area (Å²) < 4.78 is 20.6. The van der Waals surface area contributed by atoms with Crippen LogP contribution >= 0.6 is 0 Å². The number of carbonyl (C=O) groups excluding carboxylic acids is 3. The molecule has 0 aliphatic carbocycles. The first-order chi connectivity index (χ1) is 19.5. The molecule has 3 saturated heterocycles. The van der Waals surface area contributed by atoms with Gasteiger partial charge >= 0.3 is 0 Å². The van der Waals surface area contributed by atoms with E-state index in [0.717, 1.165) is 68.8 Å². The number of piperidine rings is 2. The maximum absolute atomic E-state index is 14.3. The number of amides is 3. The molecule has 0 saturated carbocycles. The molecule has 3 fully saturated rings. The Balaban J connectivity index is 1.12. The number of carbonyl (C=O) groups is 3. The third kappa shape index (κ3) is 5.55. The van der Waals surface area contributed by atoms with E-state index in [9.17, 15) is 18.8 Å². The van der Waals surface area contributed by atoms with E-state index in [4.69, 9.17) is 4.74 Å². The molecule has 4 aliphatic heterocycles. The van der Waals surface area contributed by atoms with Gasteiger partial charge in [0, 0.05) is 63.0 Å². The molecule has 3 amide bonds. The number of hydrogen-bond acceptors (Lipinski definition) is 7. The summed E-state index contributed by atoms with van der Waals surface area (Å²) in [5.41, 5.74) is 3.52. The molecule has 0 aromatic heterocycles. The molecule has 10 heteroatoms. The lowest BCUT2D eigenvalue weighted by Gasteiger charge is -2.37. The second kappa shape index (κ2) is 11.5. The molecule has 9 nitrogen and oxygen atoms in total. The van der Waals surface area contributed by atoms with Gasteiger partial charge in [-0.3, -0.25) is 24.6 Å². The highest BCUT2D eigenvalue weighted by Crippen LogP contribution is 2.31. The number of ether oxygens (including phenoxy) is 1. The normalized spacial score (nSPS) is 23.8. The monoisotopic (exact) mass is 549 g/mol. The van der Waals surface area contributed by atoms with Crippen molar-refractivity contribution in [3.05, 3.63) is 58.9 Å². The lowest BCUT2D eigenvalue weighted by molar-refractivity contribution is -0.136. The second-order valence-corrected chi connectivity index (χ2v) is 11.2. The average molecular weight is 550 g/mol. The Morgan fingerprint density at radius 1 is 0.975 bits per heavy atom. The summed E-state index contributed by atoms with van der Waals surface area (Å²) in [7, 11) is 0. The Hall–Kier alpha value is -3.50. The highest BCUT2D eigenvalue weighted by atomic mass is 19.1. The molecule has 6 rings (SSSR count). The van der Waals surface area contributed by atoms with Gasteiger partial charge in [-0.15, -0.1) is 0 Å². The van der Waals surface area contributed by atoms with Gasteiger partial charge in [0.1, 0.15) is 24.2 Å². The molecule has 2 aromatic carbocycles. The highest BCUT2D eigenvalue weighted by molar-refractivity contribution is 6.05. The van der Waals surface area contributed by atoms with Crippen molar-refractivity contribution in [2.24, 2.45) is 0 Å². The molecule has 0 radical (unpaired) electrons. The van der Waals surface area contributed by atoms with Gasteiger partial charge in [0.05, 0.1) is 0 Å². The molecule has 212 valence electrons. The van der Waals surface area contributed by atoms with E-state index in [1.165, 1.54) is 0 Å². The number of nitrogens with zero attached hydrogens (tertiary/aromatic N) is 3. The first kappa shape index (κ1) is 26.7. The molecule has 4 aliphatic rings. The topological polar surface area (TPSA) is 94.2 Å². The van der Waals surface area contributed by atoms with Crippen LogP contribution in [0.25, 0.3) is 0 Å². The Kier molecular flexibility index (Phi) is 7.71. The number of imide groups is 1. The summed E-state index contributed by atoms with van der Waals surface area (Å²) in [5.74, 6) is -0.419. The molecule has 40 heavy (non-hydrogen) atoms. The van der Waals surface area contributed by atoms with Crippen LogP contribution in [0.3, 0.4) is 0 Å². The van der Waals surface area contributed by atoms with Gasteiger partial charge in [-0.05, 0) is 73.3 Å². The molecule has 2 atom stereocenters. The van der Waals surface area contributed by atoms with Crippen molar-refractivity contribution in [3.8, 4) is 5.75 Å². The zero-order chi connectivity index (χ0) is 27.6. The Morgan fingerprint density at radius 2 is 1.82 bits per heavy atom. The number of hydrogen-bond donors (Lipinski definition) is 2. The fraction of sp³-hybridized carbons (Fsp3) is 0.500. The zero-order valence-electron chi connectivity index (χ0n) is 22.7. The summed E-state index contributed by atoms with van der Waals surface area (Å²) in [5, 5.41) is 5.72. The van der Waals surface area contributed by atoms with Crippen molar-refractivity contribution in [1.82, 2.24) is 20.4 Å². The maximum Gasteiger partial charge on any atom is 0.255 e. The summed E-state index contributed by atoms with van der Waals surface area (Å²) in [6.45, 7) is 6.10. The van der Waals surface area contributed by atoms with E-state index in [2.05, 4.69) is 20.4 Å². The van der Waals surface area contributed by atoms with Crippen molar-refractivity contribution in [2.75, 3.05) is 44.2 Å². The Bertz CT molecular complexity index is 1300. The third-order valence-corrected chi connectivity index (χ3v) is 8.56. The van der Waals surface area contributed by atoms with Crippen LogP contribution < -0.4 is 20.3 Å². The molecular weight excluding hydrogens is 513 g/mol. The lowest BCUT2D eigenvalue weighted by Crippen LogP contribution is -2.52. The minimum atomic E-state index is -0.633. The van der Waals surface area contributed by atoms with E-state index in [1.54, 1.807) is 23.1 Å². The Labute approximate surface area is 233 Å². The van der Waals surface area contributed by atoms with Gasteiger partial charge in [0.25, 0.3) is 5.91 Å². The van der Waals surface area contributed by atoms with E-state index < -0.39 is 11.9 Å². The van der Waals surface area contributed by atoms with Gasteiger partial charge < -0.3 is 19.9 Å². The fourth-order valence-electron chi connectivity index (χ4n) is 6.40. The molecule has 0 bridgehead atoms. The van der Waals surface area contributed by atoms with Crippen molar-refractivity contribution >= 4 is 23.4 Å².